The van der Waals surface area contributed by atoms with Crippen molar-refractivity contribution in [2.45, 2.75) is 38.7 Å². The summed E-state index contributed by atoms with van der Waals surface area (Å²) in [5.74, 6) is 0. The van der Waals surface area contributed by atoms with E-state index in [0.29, 0.717) is 0 Å². The standard InChI is InChI=1S/C9H14F4O/c1-2-3-4-5-6-14-9(13)7(10)8(11)12/h4-5,7-9H,2-3,6H2,1H3. The number of hydrogen-bond acceptors (Lipinski definition) is 1. The molecule has 0 N–H and O–H groups in total. The quantitative estimate of drug-likeness (QED) is 0.467. The first kappa shape index (κ1) is 13.4. The van der Waals surface area contributed by atoms with Crippen LogP contribution < -0.4 is 0 Å². The summed E-state index contributed by atoms with van der Waals surface area (Å²) in [6.07, 6.45) is -3.83. The van der Waals surface area contributed by atoms with E-state index >= 15 is 0 Å². The van der Waals surface area contributed by atoms with Gasteiger partial charge in [-0.25, -0.2) is 17.6 Å². The van der Waals surface area contributed by atoms with Gasteiger partial charge in [0.05, 0.1) is 6.61 Å². The molecule has 0 fully saturated rings. The van der Waals surface area contributed by atoms with Crippen LogP contribution in [0.3, 0.4) is 0 Å². The van der Waals surface area contributed by atoms with Crippen molar-refractivity contribution in [3.63, 3.8) is 0 Å². The zero-order chi connectivity index (χ0) is 11.0. The molecule has 0 aliphatic rings. The Morgan fingerprint density at radius 2 is 1.79 bits per heavy atom. The van der Waals surface area contributed by atoms with Crippen molar-refractivity contribution in [2.24, 2.45) is 0 Å². The topological polar surface area (TPSA) is 9.23 Å². The van der Waals surface area contributed by atoms with Crippen LogP contribution in [0.25, 0.3) is 0 Å². The van der Waals surface area contributed by atoms with Crippen LogP contribution >= 0.6 is 0 Å². The molecule has 0 saturated carbocycles. The predicted molar refractivity (Wildman–Crippen MR) is 45.8 cm³/mol. The number of alkyl halides is 4. The first-order chi connectivity index (χ1) is 6.59. The molecule has 5 heteroatoms. The zero-order valence-electron chi connectivity index (χ0n) is 7.93. The Labute approximate surface area is 80.7 Å². The monoisotopic (exact) mass is 214 g/mol. The third-order valence-electron chi connectivity index (χ3n) is 1.46. The summed E-state index contributed by atoms with van der Waals surface area (Å²) in [5, 5.41) is 0. The van der Waals surface area contributed by atoms with Crippen molar-refractivity contribution >= 4 is 0 Å². The summed E-state index contributed by atoms with van der Waals surface area (Å²) in [7, 11) is 0. The first-order valence-corrected chi connectivity index (χ1v) is 4.42. The molecule has 0 aromatic heterocycles. The number of allylic oxidation sites excluding steroid dienone is 1. The van der Waals surface area contributed by atoms with Crippen LogP contribution in [0.5, 0.6) is 0 Å². The molecule has 2 unspecified atom stereocenters. The summed E-state index contributed by atoms with van der Waals surface area (Å²) in [5.41, 5.74) is 0. The second-order valence-corrected chi connectivity index (χ2v) is 2.72. The second-order valence-electron chi connectivity index (χ2n) is 2.72. The smallest absolute Gasteiger partial charge is 0.274 e. The second kappa shape index (κ2) is 7.79. The number of halogens is 4. The number of ether oxygens (including phenoxy) is 1. The molecule has 0 rings (SSSR count). The molecule has 0 saturated heterocycles. The molecule has 0 radical (unpaired) electrons. The van der Waals surface area contributed by atoms with Gasteiger partial charge in [-0.3, -0.25) is 0 Å². The SMILES string of the molecule is CCCC=CCOC(F)C(F)C(F)F. The van der Waals surface area contributed by atoms with Crippen LogP contribution in [0.2, 0.25) is 0 Å². The predicted octanol–water partition coefficient (Wildman–Crippen LogP) is 3.26. The van der Waals surface area contributed by atoms with Crippen molar-refractivity contribution in [3.05, 3.63) is 12.2 Å². The lowest BCUT2D eigenvalue weighted by Crippen LogP contribution is -2.27. The highest BCUT2D eigenvalue weighted by atomic mass is 19.3. The van der Waals surface area contributed by atoms with Crippen LogP contribution in [0.1, 0.15) is 19.8 Å². The Bertz CT molecular complexity index is 161. The maximum atomic E-state index is 12.4. The van der Waals surface area contributed by atoms with E-state index in [-0.39, 0.29) is 6.61 Å². The van der Waals surface area contributed by atoms with E-state index in [9.17, 15) is 17.6 Å². The maximum absolute atomic E-state index is 12.4. The summed E-state index contributed by atoms with van der Waals surface area (Å²) in [6, 6.07) is 0. The molecule has 1 nitrogen and oxygen atoms in total. The van der Waals surface area contributed by atoms with E-state index in [4.69, 9.17) is 0 Å². The minimum absolute atomic E-state index is 0.186. The lowest BCUT2D eigenvalue weighted by atomic mass is 10.3. The van der Waals surface area contributed by atoms with Crippen molar-refractivity contribution in [1.82, 2.24) is 0 Å². The minimum atomic E-state index is -3.34. The molecular formula is C9H14F4O. The molecule has 0 aliphatic carbocycles. The summed E-state index contributed by atoms with van der Waals surface area (Å²) in [4.78, 5) is 0. The van der Waals surface area contributed by atoms with E-state index in [1.807, 2.05) is 6.92 Å². The van der Waals surface area contributed by atoms with Crippen molar-refractivity contribution in [3.8, 4) is 0 Å². The molecule has 84 valence electrons. The first-order valence-electron chi connectivity index (χ1n) is 4.42. The Kier molecular flexibility index (Phi) is 7.47. The third kappa shape index (κ3) is 5.96. The molecule has 14 heavy (non-hydrogen) atoms. The highest BCUT2D eigenvalue weighted by Gasteiger charge is 2.29. The van der Waals surface area contributed by atoms with E-state index in [2.05, 4.69) is 4.74 Å². The molecule has 0 aromatic rings. The maximum Gasteiger partial charge on any atom is 0.274 e. The van der Waals surface area contributed by atoms with Crippen LogP contribution in [-0.4, -0.2) is 25.6 Å². The molecule has 0 spiro atoms. The Morgan fingerprint density at radius 3 is 2.29 bits per heavy atom. The van der Waals surface area contributed by atoms with Crippen molar-refractivity contribution < 1.29 is 22.3 Å². The summed E-state index contributed by atoms with van der Waals surface area (Å²) < 4.78 is 52.1. The van der Waals surface area contributed by atoms with Gasteiger partial charge in [0.1, 0.15) is 0 Å². The largest absolute Gasteiger partial charge is 0.342 e. The minimum Gasteiger partial charge on any atom is -0.342 e. The van der Waals surface area contributed by atoms with Gasteiger partial charge in [-0.1, -0.05) is 25.5 Å². The van der Waals surface area contributed by atoms with Crippen LogP contribution in [0, 0.1) is 0 Å². The Morgan fingerprint density at radius 1 is 1.14 bits per heavy atom. The van der Waals surface area contributed by atoms with Crippen LogP contribution in [-0.2, 0) is 4.74 Å². The van der Waals surface area contributed by atoms with E-state index in [1.54, 1.807) is 6.08 Å². The van der Waals surface area contributed by atoms with E-state index in [0.717, 1.165) is 12.8 Å². The highest BCUT2D eigenvalue weighted by Crippen LogP contribution is 2.14. The molecular weight excluding hydrogens is 200 g/mol. The van der Waals surface area contributed by atoms with Gasteiger partial charge < -0.3 is 4.74 Å². The fraction of sp³-hybridized carbons (Fsp3) is 0.778. The van der Waals surface area contributed by atoms with E-state index in [1.165, 1.54) is 6.08 Å². The average molecular weight is 214 g/mol. The molecule has 0 aromatic carbocycles. The molecule has 2 atom stereocenters. The Balaban J connectivity index is 3.58. The van der Waals surface area contributed by atoms with Gasteiger partial charge in [0, 0.05) is 0 Å². The van der Waals surface area contributed by atoms with Gasteiger partial charge in [-0.05, 0) is 6.42 Å². The van der Waals surface area contributed by atoms with Crippen LogP contribution in [0.15, 0.2) is 12.2 Å². The van der Waals surface area contributed by atoms with Gasteiger partial charge in [-0.2, -0.15) is 0 Å². The number of hydrogen-bond donors (Lipinski definition) is 0. The fourth-order valence-electron chi connectivity index (χ4n) is 0.706. The molecule has 0 amide bonds. The fourth-order valence-corrected chi connectivity index (χ4v) is 0.706. The summed E-state index contributed by atoms with van der Waals surface area (Å²) in [6.45, 7) is 1.77. The van der Waals surface area contributed by atoms with Crippen molar-refractivity contribution in [1.29, 1.82) is 0 Å². The molecule has 0 bridgehead atoms. The van der Waals surface area contributed by atoms with Crippen molar-refractivity contribution in [2.75, 3.05) is 6.61 Å². The van der Waals surface area contributed by atoms with Gasteiger partial charge in [0.15, 0.2) is 0 Å². The number of unbranched alkanes of at least 4 members (excludes halogenated alkanes) is 1. The normalized spacial score (nSPS) is 16.4. The van der Waals surface area contributed by atoms with Gasteiger partial charge in [0.25, 0.3) is 6.43 Å². The van der Waals surface area contributed by atoms with E-state index < -0.39 is 19.0 Å². The van der Waals surface area contributed by atoms with Crippen LogP contribution in [0.4, 0.5) is 17.6 Å². The van der Waals surface area contributed by atoms with Gasteiger partial charge in [0.2, 0.25) is 12.5 Å². The third-order valence-corrected chi connectivity index (χ3v) is 1.46. The van der Waals surface area contributed by atoms with Gasteiger partial charge >= 0.3 is 0 Å². The lowest BCUT2D eigenvalue weighted by molar-refractivity contribution is -0.120. The zero-order valence-corrected chi connectivity index (χ0v) is 7.93. The average Bonchev–Trinajstić information content (AvgIpc) is 2.16. The lowest BCUT2D eigenvalue weighted by Gasteiger charge is -2.11. The molecule has 0 heterocycles. The Hall–Kier alpha value is -0.580. The molecule has 0 aliphatic heterocycles. The highest BCUT2D eigenvalue weighted by molar-refractivity contribution is 4.81. The number of rotatable bonds is 7. The summed E-state index contributed by atoms with van der Waals surface area (Å²) >= 11 is 0. The van der Waals surface area contributed by atoms with Gasteiger partial charge in [-0.15, -0.1) is 0 Å².